The van der Waals surface area contributed by atoms with Gasteiger partial charge in [0.25, 0.3) is 6.43 Å². The molecule has 17 heavy (non-hydrogen) atoms. The van der Waals surface area contributed by atoms with Crippen LogP contribution in [0.2, 0.25) is 0 Å². The van der Waals surface area contributed by atoms with Crippen molar-refractivity contribution in [2.24, 2.45) is 0 Å². The van der Waals surface area contributed by atoms with Crippen LogP contribution in [-0.2, 0) is 10.0 Å². The fourth-order valence-corrected chi connectivity index (χ4v) is 2.50. The Balaban J connectivity index is 3.15. The lowest BCUT2D eigenvalue weighted by molar-refractivity contribution is 0.153. The number of alkyl halides is 2. The molecule has 0 unspecified atom stereocenters. The van der Waals surface area contributed by atoms with Gasteiger partial charge in [-0.15, -0.1) is 0 Å². The molecule has 0 aliphatic heterocycles. The number of sulfonamides is 1. The lowest BCUT2D eigenvalue weighted by atomic mass is 10.2. The number of hydrogen-bond acceptors (Lipinski definition) is 3. The zero-order chi connectivity index (χ0) is 13.2. The van der Waals surface area contributed by atoms with Crippen molar-refractivity contribution >= 4 is 15.7 Å². The molecule has 4 nitrogen and oxygen atoms in total. The van der Waals surface area contributed by atoms with Crippen LogP contribution in [0.3, 0.4) is 0 Å². The number of benzene rings is 1. The predicted octanol–water partition coefficient (Wildman–Crippen LogP) is 1.26. The van der Waals surface area contributed by atoms with Gasteiger partial charge in [0.1, 0.15) is 5.82 Å². The Bertz CT molecular complexity index is 517. The zero-order valence-electron chi connectivity index (χ0n) is 8.88. The minimum absolute atomic E-state index is 0.0921. The summed E-state index contributed by atoms with van der Waals surface area (Å²) in [6, 6.07) is 1.98. The van der Waals surface area contributed by atoms with Crippen LogP contribution in [0.4, 0.5) is 18.9 Å². The normalized spacial score (nSPS) is 12.1. The van der Waals surface area contributed by atoms with E-state index >= 15 is 0 Å². The molecule has 1 aromatic rings. The molecular weight excluding hydrogens is 257 g/mol. The summed E-state index contributed by atoms with van der Waals surface area (Å²) in [6.07, 6.45) is -2.82. The Hall–Kier alpha value is -1.28. The minimum Gasteiger partial charge on any atom is -0.399 e. The Morgan fingerprint density at radius 2 is 2.00 bits per heavy atom. The molecular formula is C9H11F3N2O2S. The smallest absolute Gasteiger partial charge is 0.251 e. The molecule has 96 valence electrons. The summed E-state index contributed by atoms with van der Waals surface area (Å²) in [5.41, 5.74) is 5.04. The molecule has 0 radical (unpaired) electrons. The second kappa shape index (κ2) is 4.92. The van der Waals surface area contributed by atoms with Crippen LogP contribution in [0.25, 0.3) is 0 Å². The molecule has 8 heteroatoms. The van der Waals surface area contributed by atoms with Crippen molar-refractivity contribution in [2.75, 3.05) is 12.3 Å². The topological polar surface area (TPSA) is 72.2 Å². The summed E-state index contributed by atoms with van der Waals surface area (Å²) in [5, 5.41) is 0. The first kappa shape index (κ1) is 13.8. The lowest BCUT2D eigenvalue weighted by Gasteiger charge is -2.10. The van der Waals surface area contributed by atoms with Crippen molar-refractivity contribution in [1.82, 2.24) is 4.72 Å². The maximum atomic E-state index is 13.2. The van der Waals surface area contributed by atoms with E-state index in [2.05, 4.69) is 0 Å². The van der Waals surface area contributed by atoms with Gasteiger partial charge >= 0.3 is 0 Å². The van der Waals surface area contributed by atoms with Gasteiger partial charge in [-0.05, 0) is 19.1 Å². The second-order valence-electron chi connectivity index (χ2n) is 3.37. The molecule has 0 saturated carbocycles. The van der Waals surface area contributed by atoms with Crippen LogP contribution < -0.4 is 10.5 Å². The van der Waals surface area contributed by atoms with Gasteiger partial charge in [-0.25, -0.2) is 26.3 Å². The Kier molecular flexibility index (Phi) is 3.99. The van der Waals surface area contributed by atoms with Crippen LogP contribution in [0.15, 0.2) is 17.0 Å². The molecule has 0 atom stereocenters. The molecule has 0 aromatic heterocycles. The molecule has 0 aliphatic carbocycles. The van der Waals surface area contributed by atoms with E-state index in [9.17, 15) is 21.6 Å². The molecule has 0 amide bonds. The SMILES string of the molecule is Cc1c(F)cc(N)cc1S(=O)(=O)NCC(F)F. The average Bonchev–Trinajstić information content (AvgIpc) is 2.20. The maximum Gasteiger partial charge on any atom is 0.251 e. The highest BCUT2D eigenvalue weighted by Gasteiger charge is 2.20. The van der Waals surface area contributed by atoms with Crippen molar-refractivity contribution < 1.29 is 21.6 Å². The first-order valence-corrected chi connectivity index (χ1v) is 6.06. The Morgan fingerprint density at radius 3 is 2.53 bits per heavy atom. The van der Waals surface area contributed by atoms with E-state index in [-0.39, 0.29) is 11.3 Å². The van der Waals surface area contributed by atoms with Crippen LogP contribution in [0, 0.1) is 12.7 Å². The van der Waals surface area contributed by atoms with Gasteiger partial charge in [0, 0.05) is 11.3 Å². The Labute approximate surface area is 96.7 Å². The highest BCUT2D eigenvalue weighted by Crippen LogP contribution is 2.21. The van der Waals surface area contributed by atoms with E-state index in [1.165, 1.54) is 6.92 Å². The van der Waals surface area contributed by atoms with Crippen LogP contribution >= 0.6 is 0 Å². The van der Waals surface area contributed by atoms with Crippen LogP contribution in [0.5, 0.6) is 0 Å². The van der Waals surface area contributed by atoms with Gasteiger partial charge in [0.2, 0.25) is 10.0 Å². The third-order valence-corrected chi connectivity index (χ3v) is 3.59. The summed E-state index contributed by atoms with van der Waals surface area (Å²) in [6.45, 7) is 0.198. The van der Waals surface area contributed by atoms with E-state index in [1.54, 1.807) is 4.72 Å². The van der Waals surface area contributed by atoms with Gasteiger partial charge < -0.3 is 5.73 Å². The third-order valence-electron chi connectivity index (χ3n) is 2.04. The van der Waals surface area contributed by atoms with Gasteiger partial charge in [0.05, 0.1) is 11.4 Å². The van der Waals surface area contributed by atoms with Crippen molar-refractivity contribution in [1.29, 1.82) is 0 Å². The fraction of sp³-hybridized carbons (Fsp3) is 0.333. The van der Waals surface area contributed by atoms with E-state index in [4.69, 9.17) is 5.73 Å². The predicted molar refractivity (Wildman–Crippen MR) is 56.7 cm³/mol. The Morgan fingerprint density at radius 1 is 1.41 bits per heavy atom. The minimum atomic E-state index is -4.18. The van der Waals surface area contributed by atoms with Gasteiger partial charge in [-0.1, -0.05) is 0 Å². The zero-order valence-corrected chi connectivity index (χ0v) is 9.69. The number of anilines is 1. The third kappa shape index (κ3) is 3.34. The van der Waals surface area contributed by atoms with Crippen molar-refractivity contribution in [2.45, 2.75) is 18.2 Å². The number of rotatable bonds is 4. The average molecular weight is 268 g/mol. The van der Waals surface area contributed by atoms with Gasteiger partial charge in [0.15, 0.2) is 0 Å². The summed E-state index contributed by atoms with van der Waals surface area (Å²) >= 11 is 0. The summed E-state index contributed by atoms with van der Waals surface area (Å²) in [7, 11) is -4.18. The van der Waals surface area contributed by atoms with E-state index in [1.807, 2.05) is 0 Å². The monoisotopic (exact) mass is 268 g/mol. The standard InChI is InChI=1S/C9H11F3N2O2S/c1-5-7(10)2-6(13)3-8(5)17(15,16)14-4-9(11)12/h2-3,9,14H,4,13H2,1H3. The molecule has 0 spiro atoms. The molecule has 0 aliphatic rings. The highest BCUT2D eigenvalue weighted by molar-refractivity contribution is 7.89. The van der Waals surface area contributed by atoms with E-state index < -0.39 is 33.7 Å². The van der Waals surface area contributed by atoms with Crippen LogP contribution in [0.1, 0.15) is 5.56 Å². The van der Waals surface area contributed by atoms with E-state index in [0.29, 0.717) is 0 Å². The molecule has 1 rings (SSSR count). The van der Waals surface area contributed by atoms with Crippen molar-refractivity contribution in [3.63, 3.8) is 0 Å². The van der Waals surface area contributed by atoms with Gasteiger partial charge in [-0.2, -0.15) is 0 Å². The molecule has 0 heterocycles. The molecule has 0 fully saturated rings. The van der Waals surface area contributed by atoms with Crippen LogP contribution in [-0.4, -0.2) is 21.4 Å². The largest absolute Gasteiger partial charge is 0.399 e. The number of nitrogens with one attached hydrogen (secondary N) is 1. The van der Waals surface area contributed by atoms with Crippen molar-refractivity contribution in [3.8, 4) is 0 Å². The maximum absolute atomic E-state index is 13.2. The first-order chi connectivity index (χ1) is 7.74. The summed E-state index contributed by atoms with van der Waals surface area (Å²) < 4.78 is 61.9. The number of halogens is 3. The van der Waals surface area contributed by atoms with E-state index in [0.717, 1.165) is 12.1 Å². The molecule has 0 bridgehead atoms. The lowest BCUT2D eigenvalue weighted by Crippen LogP contribution is -2.29. The van der Waals surface area contributed by atoms with Crippen molar-refractivity contribution in [3.05, 3.63) is 23.5 Å². The molecule has 1 aromatic carbocycles. The quantitative estimate of drug-likeness (QED) is 0.807. The molecule has 3 N–H and O–H groups in total. The fourth-order valence-electron chi connectivity index (χ4n) is 1.20. The first-order valence-electron chi connectivity index (χ1n) is 4.57. The number of hydrogen-bond donors (Lipinski definition) is 2. The number of nitrogens with two attached hydrogens (primary N) is 1. The van der Waals surface area contributed by atoms with Gasteiger partial charge in [-0.3, -0.25) is 0 Å². The molecule has 0 saturated heterocycles. The summed E-state index contributed by atoms with van der Waals surface area (Å²) in [4.78, 5) is -0.435. The second-order valence-corrected chi connectivity index (χ2v) is 5.10. The summed E-state index contributed by atoms with van der Waals surface area (Å²) in [5.74, 6) is -0.803. The highest BCUT2D eigenvalue weighted by atomic mass is 32.2. The number of nitrogen functional groups attached to an aromatic ring is 1.